The molecular weight excluding hydrogens is 318 g/mol. The second-order valence-electron chi connectivity index (χ2n) is 7.13. The summed E-state index contributed by atoms with van der Waals surface area (Å²) < 4.78 is 0. The van der Waals surface area contributed by atoms with Crippen molar-refractivity contribution in [2.75, 3.05) is 32.7 Å². The van der Waals surface area contributed by atoms with E-state index in [2.05, 4.69) is 27.2 Å². The van der Waals surface area contributed by atoms with Crippen molar-refractivity contribution in [1.82, 2.24) is 15.1 Å². The van der Waals surface area contributed by atoms with Crippen LogP contribution in [0.25, 0.3) is 0 Å². The average molecular weight is 347 g/mol. The monoisotopic (exact) mass is 347 g/mol. The first-order chi connectivity index (χ1) is 11.9. The zero-order chi connectivity index (χ0) is 18.2. The van der Waals surface area contributed by atoms with E-state index in [1.165, 1.54) is 5.56 Å². The predicted octanol–water partition coefficient (Wildman–Crippen LogP) is 1.42. The Morgan fingerprint density at radius 2 is 1.68 bits per heavy atom. The number of benzene rings is 1. The molecule has 0 aromatic heterocycles. The number of carboxylic acids is 1. The van der Waals surface area contributed by atoms with Gasteiger partial charge in [0.1, 0.15) is 6.04 Å². The molecule has 6 nitrogen and oxygen atoms in total. The van der Waals surface area contributed by atoms with E-state index in [9.17, 15) is 14.7 Å². The molecule has 2 rings (SSSR count). The third kappa shape index (κ3) is 6.84. The summed E-state index contributed by atoms with van der Waals surface area (Å²) in [5.41, 5.74) is 1.30. The van der Waals surface area contributed by atoms with Gasteiger partial charge in [-0.15, -0.1) is 0 Å². The number of carbonyl (C=O) groups excluding carboxylic acids is 1. The molecule has 0 aliphatic carbocycles. The van der Waals surface area contributed by atoms with Gasteiger partial charge in [-0.25, -0.2) is 4.79 Å². The maximum Gasteiger partial charge on any atom is 0.326 e. The Morgan fingerprint density at radius 1 is 1.08 bits per heavy atom. The number of nitrogens with zero attached hydrogens (tertiary/aromatic N) is 2. The van der Waals surface area contributed by atoms with Gasteiger partial charge in [-0.05, 0) is 17.9 Å². The summed E-state index contributed by atoms with van der Waals surface area (Å²) in [6.45, 7) is 8.57. The number of rotatable bonds is 8. The second kappa shape index (κ2) is 9.53. The lowest BCUT2D eigenvalue weighted by Crippen LogP contribution is -2.51. The van der Waals surface area contributed by atoms with Gasteiger partial charge in [-0.2, -0.15) is 0 Å². The van der Waals surface area contributed by atoms with Crippen LogP contribution in [0.2, 0.25) is 0 Å². The zero-order valence-corrected chi connectivity index (χ0v) is 15.1. The van der Waals surface area contributed by atoms with Gasteiger partial charge in [0.15, 0.2) is 0 Å². The molecule has 0 unspecified atom stereocenters. The molecule has 1 aromatic rings. The van der Waals surface area contributed by atoms with Crippen LogP contribution in [-0.4, -0.2) is 65.5 Å². The molecule has 0 bridgehead atoms. The lowest BCUT2D eigenvalue weighted by Gasteiger charge is -2.34. The molecule has 1 aromatic carbocycles. The van der Waals surface area contributed by atoms with E-state index in [0.29, 0.717) is 6.42 Å². The number of carboxylic acid groups (broad SMARTS) is 1. The predicted molar refractivity (Wildman–Crippen MR) is 97.2 cm³/mol. The summed E-state index contributed by atoms with van der Waals surface area (Å²) in [5, 5.41) is 11.9. The van der Waals surface area contributed by atoms with Crippen molar-refractivity contribution in [3.63, 3.8) is 0 Å². The highest BCUT2D eigenvalue weighted by Gasteiger charge is 2.23. The number of carbonyl (C=O) groups is 2. The molecule has 1 fully saturated rings. The molecule has 1 heterocycles. The van der Waals surface area contributed by atoms with E-state index in [1.54, 1.807) is 0 Å². The molecule has 2 N–H and O–H groups in total. The quantitative estimate of drug-likeness (QED) is 0.744. The Kier molecular flexibility index (Phi) is 7.40. The Labute approximate surface area is 149 Å². The van der Waals surface area contributed by atoms with Gasteiger partial charge in [0.05, 0.1) is 6.54 Å². The summed E-state index contributed by atoms with van der Waals surface area (Å²) in [5.74, 6) is -0.942. The highest BCUT2D eigenvalue weighted by atomic mass is 16.4. The lowest BCUT2D eigenvalue weighted by molar-refractivity contribution is -0.142. The molecule has 6 heteroatoms. The number of aliphatic carboxylic acids is 1. The van der Waals surface area contributed by atoms with Crippen molar-refractivity contribution in [2.24, 2.45) is 5.92 Å². The molecule has 1 saturated heterocycles. The van der Waals surface area contributed by atoms with Gasteiger partial charge < -0.3 is 10.4 Å². The van der Waals surface area contributed by atoms with E-state index in [-0.39, 0.29) is 18.4 Å². The number of amides is 1. The van der Waals surface area contributed by atoms with Gasteiger partial charge in [0.2, 0.25) is 5.91 Å². The van der Waals surface area contributed by atoms with Crippen molar-refractivity contribution >= 4 is 11.9 Å². The highest BCUT2D eigenvalue weighted by Crippen LogP contribution is 2.09. The summed E-state index contributed by atoms with van der Waals surface area (Å²) in [7, 11) is 0. The molecule has 25 heavy (non-hydrogen) atoms. The van der Waals surface area contributed by atoms with Gasteiger partial charge in [0.25, 0.3) is 0 Å². The fraction of sp³-hybridized carbons (Fsp3) is 0.579. The third-order valence-electron chi connectivity index (χ3n) is 4.42. The Morgan fingerprint density at radius 3 is 2.24 bits per heavy atom. The van der Waals surface area contributed by atoms with Crippen LogP contribution in [0.5, 0.6) is 0 Å². The minimum absolute atomic E-state index is 0.204. The van der Waals surface area contributed by atoms with Crippen molar-refractivity contribution in [2.45, 2.75) is 32.9 Å². The van der Waals surface area contributed by atoms with Crippen LogP contribution >= 0.6 is 0 Å². The summed E-state index contributed by atoms with van der Waals surface area (Å²) in [4.78, 5) is 27.9. The first-order valence-electron chi connectivity index (χ1n) is 8.95. The van der Waals surface area contributed by atoms with Crippen LogP contribution in [0.1, 0.15) is 25.8 Å². The molecule has 1 atom stereocenters. The molecule has 0 radical (unpaired) electrons. The Balaban J connectivity index is 1.73. The third-order valence-corrected chi connectivity index (χ3v) is 4.42. The van der Waals surface area contributed by atoms with E-state index in [1.807, 2.05) is 32.0 Å². The number of hydrogen-bond donors (Lipinski definition) is 2. The molecule has 1 amide bonds. The summed E-state index contributed by atoms with van der Waals surface area (Å²) >= 11 is 0. The number of hydrogen-bond acceptors (Lipinski definition) is 4. The molecule has 138 valence electrons. The lowest BCUT2D eigenvalue weighted by atomic mass is 10.0. The Hall–Kier alpha value is -1.92. The van der Waals surface area contributed by atoms with Gasteiger partial charge in [-0.3, -0.25) is 14.6 Å². The minimum Gasteiger partial charge on any atom is -0.480 e. The van der Waals surface area contributed by atoms with Gasteiger partial charge in [0, 0.05) is 32.7 Å². The van der Waals surface area contributed by atoms with E-state index >= 15 is 0 Å². The average Bonchev–Trinajstić information content (AvgIpc) is 2.56. The number of piperazine rings is 1. The SMILES string of the molecule is CC(C)C[C@H](NC(=O)CN1CCN(Cc2ccccc2)CC1)C(=O)O. The molecule has 0 saturated carbocycles. The zero-order valence-electron chi connectivity index (χ0n) is 15.1. The molecule has 1 aliphatic rings. The van der Waals surface area contributed by atoms with Gasteiger partial charge in [-0.1, -0.05) is 44.2 Å². The van der Waals surface area contributed by atoms with Crippen LogP contribution in [0, 0.1) is 5.92 Å². The van der Waals surface area contributed by atoms with Crippen molar-refractivity contribution in [1.29, 1.82) is 0 Å². The van der Waals surface area contributed by atoms with Crippen LogP contribution < -0.4 is 5.32 Å². The fourth-order valence-corrected chi connectivity index (χ4v) is 3.08. The first kappa shape index (κ1) is 19.4. The molecule has 0 spiro atoms. The van der Waals surface area contributed by atoms with E-state index in [0.717, 1.165) is 32.7 Å². The largest absolute Gasteiger partial charge is 0.480 e. The smallest absolute Gasteiger partial charge is 0.326 e. The maximum absolute atomic E-state index is 12.2. The van der Waals surface area contributed by atoms with Crippen molar-refractivity contribution < 1.29 is 14.7 Å². The van der Waals surface area contributed by atoms with Crippen LogP contribution in [0.15, 0.2) is 30.3 Å². The van der Waals surface area contributed by atoms with Crippen molar-refractivity contribution in [3.05, 3.63) is 35.9 Å². The fourth-order valence-electron chi connectivity index (χ4n) is 3.08. The van der Waals surface area contributed by atoms with Gasteiger partial charge >= 0.3 is 5.97 Å². The van der Waals surface area contributed by atoms with E-state index < -0.39 is 12.0 Å². The van der Waals surface area contributed by atoms with E-state index in [4.69, 9.17) is 0 Å². The standard InChI is InChI=1S/C19H29N3O3/c1-15(2)12-17(19(24)25)20-18(23)14-22-10-8-21(9-11-22)13-16-6-4-3-5-7-16/h3-7,15,17H,8-14H2,1-2H3,(H,20,23)(H,24,25)/t17-/m0/s1. The van der Waals surface area contributed by atoms with Crippen molar-refractivity contribution in [3.8, 4) is 0 Å². The highest BCUT2D eigenvalue weighted by molar-refractivity contribution is 5.84. The topological polar surface area (TPSA) is 72.9 Å². The minimum atomic E-state index is -0.963. The first-order valence-corrected chi connectivity index (χ1v) is 8.95. The number of nitrogens with one attached hydrogen (secondary N) is 1. The second-order valence-corrected chi connectivity index (χ2v) is 7.13. The Bertz CT molecular complexity index is 554. The van der Waals surface area contributed by atoms with Crippen LogP contribution in [0.3, 0.4) is 0 Å². The van der Waals surface area contributed by atoms with Crippen LogP contribution in [0.4, 0.5) is 0 Å². The summed E-state index contributed by atoms with van der Waals surface area (Å²) in [6, 6.07) is 9.56. The summed E-state index contributed by atoms with van der Waals surface area (Å²) in [6.07, 6.45) is 0.450. The maximum atomic E-state index is 12.2. The van der Waals surface area contributed by atoms with Crippen LogP contribution in [-0.2, 0) is 16.1 Å². The molecule has 1 aliphatic heterocycles. The normalized spacial score (nSPS) is 17.4. The molecular formula is C19H29N3O3.